The Morgan fingerprint density at radius 3 is 2.81 bits per heavy atom. The second kappa shape index (κ2) is 6.67. The molecular formula is C18H16N6O2. The van der Waals surface area contributed by atoms with Gasteiger partial charge in [-0.1, -0.05) is 47.6 Å². The lowest BCUT2D eigenvalue weighted by Crippen LogP contribution is -2.28. The first-order valence-electron chi connectivity index (χ1n) is 8.04. The Hall–Kier alpha value is -3.68. The van der Waals surface area contributed by atoms with Crippen LogP contribution in [0.15, 0.2) is 59.1 Å². The van der Waals surface area contributed by atoms with Crippen molar-refractivity contribution >= 4 is 22.8 Å². The number of rotatable bonds is 4. The van der Waals surface area contributed by atoms with Gasteiger partial charge in [0, 0.05) is 19.8 Å². The highest BCUT2D eigenvalue weighted by Crippen LogP contribution is 2.19. The Labute approximate surface area is 148 Å². The molecule has 2 aromatic carbocycles. The zero-order valence-corrected chi connectivity index (χ0v) is 14.0. The average molecular weight is 348 g/mol. The van der Waals surface area contributed by atoms with Crippen molar-refractivity contribution in [2.24, 2.45) is 7.05 Å². The molecule has 0 radical (unpaired) electrons. The average Bonchev–Trinajstić information content (AvgIpc) is 3.29. The van der Waals surface area contributed by atoms with Gasteiger partial charge in [0.2, 0.25) is 0 Å². The summed E-state index contributed by atoms with van der Waals surface area (Å²) in [4.78, 5) is 12.1. The number of aromatic nitrogens is 4. The maximum Gasteiger partial charge on any atom is 0.324 e. The van der Waals surface area contributed by atoms with Crippen LogP contribution < -0.4 is 10.6 Å². The normalized spacial score (nSPS) is 10.8. The number of carbonyl (C=O) groups excluding carboxylic acids is 1. The number of fused-ring (bicyclic) bond motifs is 1. The van der Waals surface area contributed by atoms with Gasteiger partial charge in [-0.25, -0.2) is 4.79 Å². The molecule has 8 heteroatoms. The van der Waals surface area contributed by atoms with E-state index in [2.05, 4.69) is 25.9 Å². The van der Waals surface area contributed by atoms with E-state index in [0.29, 0.717) is 12.2 Å². The largest absolute Gasteiger partial charge is 0.401 e. The summed E-state index contributed by atoms with van der Waals surface area (Å²) in [7, 11) is 1.79. The van der Waals surface area contributed by atoms with Crippen molar-refractivity contribution < 1.29 is 9.21 Å². The van der Waals surface area contributed by atoms with Crippen LogP contribution in [0.2, 0.25) is 0 Å². The molecule has 2 aromatic heterocycles. The number of hydrogen-bond acceptors (Lipinski definition) is 5. The van der Waals surface area contributed by atoms with Gasteiger partial charge in [-0.3, -0.25) is 10.00 Å². The summed E-state index contributed by atoms with van der Waals surface area (Å²) in [5.74, 6) is 0.245. The molecule has 8 nitrogen and oxygen atoms in total. The predicted molar refractivity (Wildman–Crippen MR) is 96.3 cm³/mol. The van der Waals surface area contributed by atoms with Crippen LogP contribution in [0.25, 0.3) is 22.4 Å². The topological polar surface area (TPSA) is 97.9 Å². The third kappa shape index (κ3) is 3.25. The van der Waals surface area contributed by atoms with E-state index >= 15 is 0 Å². The van der Waals surface area contributed by atoms with Crippen molar-refractivity contribution in [1.29, 1.82) is 0 Å². The standard InChI is InChI=1S/C18H16N6O2/c1-24-10-9-15(23-24)16-21-22-18(26-16)20-17(25)19-11-13-7-4-6-12-5-2-3-8-14(12)13/h2-10H,11H2,1H3,(H2,19,20,22,25). The lowest BCUT2D eigenvalue weighted by atomic mass is 10.0. The summed E-state index contributed by atoms with van der Waals surface area (Å²) in [5.41, 5.74) is 1.57. The Morgan fingerprint density at radius 1 is 1.12 bits per heavy atom. The smallest absolute Gasteiger partial charge is 0.324 e. The number of amides is 2. The van der Waals surface area contributed by atoms with Crippen LogP contribution in [0.3, 0.4) is 0 Å². The summed E-state index contributed by atoms with van der Waals surface area (Å²) < 4.78 is 7.03. The fourth-order valence-electron chi connectivity index (χ4n) is 2.67. The number of aryl methyl sites for hydroxylation is 1. The first-order valence-corrected chi connectivity index (χ1v) is 8.04. The molecule has 0 unspecified atom stereocenters. The molecule has 0 aliphatic heterocycles. The van der Waals surface area contributed by atoms with E-state index in [0.717, 1.165) is 16.3 Å². The zero-order valence-electron chi connectivity index (χ0n) is 14.0. The van der Waals surface area contributed by atoms with Crippen molar-refractivity contribution in [1.82, 2.24) is 25.3 Å². The first-order chi connectivity index (χ1) is 12.7. The Bertz CT molecular complexity index is 1060. The molecule has 0 atom stereocenters. The van der Waals surface area contributed by atoms with Gasteiger partial charge in [0.25, 0.3) is 5.89 Å². The maximum absolute atomic E-state index is 12.1. The molecule has 130 valence electrons. The Balaban J connectivity index is 1.40. The number of carbonyl (C=O) groups is 1. The van der Waals surface area contributed by atoms with Crippen LogP contribution >= 0.6 is 0 Å². The summed E-state index contributed by atoms with van der Waals surface area (Å²) in [6.45, 7) is 0.383. The fourth-order valence-corrected chi connectivity index (χ4v) is 2.67. The van der Waals surface area contributed by atoms with Crippen molar-refractivity contribution in [2.75, 3.05) is 5.32 Å². The Kier molecular flexibility index (Phi) is 4.06. The minimum Gasteiger partial charge on any atom is -0.401 e. The van der Waals surface area contributed by atoms with Gasteiger partial charge in [0.05, 0.1) is 0 Å². The van der Waals surface area contributed by atoms with Crippen LogP contribution in [-0.2, 0) is 13.6 Å². The van der Waals surface area contributed by atoms with Gasteiger partial charge in [0.1, 0.15) is 5.69 Å². The van der Waals surface area contributed by atoms with Gasteiger partial charge in [-0.15, -0.1) is 5.10 Å². The van der Waals surface area contributed by atoms with Crippen molar-refractivity contribution in [3.63, 3.8) is 0 Å². The minimum absolute atomic E-state index is 0.0149. The lowest BCUT2D eigenvalue weighted by molar-refractivity contribution is 0.251. The van der Waals surface area contributed by atoms with E-state index in [1.165, 1.54) is 0 Å². The third-order valence-electron chi connectivity index (χ3n) is 3.90. The zero-order chi connectivity index (χ0) is 17.9. The molecular weight excluding hydrogens is 332 g/mol. The van der Waals surface area contributed by atoms with Gasteiger partial charge in [-0.05, 0) is 22.4 Å². The van der Waals surface area contributed by atoms with Crippen LogP contribution in [-0.4, -0.2) is 26.0 Å². The number of nitrogens with one attached hydrogen (secondary N) is 2. The van der Waals surface area contributed by atoms with Crippen molar-refractivity contribution in [2.45, 2.75) is 6.54 Å². The Morgan fingerprint density at radius 2 is 1.96 bits per heavy atom. The summed E-state index contributed by atoms with van der Waals surface area (Å²) in [6, 6.07) is 15.4. The van der Waals surface area contributed by atoms with E-state index < -0.39 is 6.03 Å². The highest BCUT2D eigenvalue weighted by molar-refractivity contribution is 5.88. The molecule has 0 saturated carbocycles. The maximum atomic E-state index is 12.1. The van der Waals surface area contributed by atoms with Gasteiger partial charge < -0.3 is 9.73 Å². The molecule has 2 amide bonds. The number of anilines is 1. The number of urea groups is 1. The van der Waals surface area contributed by atoms with Crippen LogP contribution in [0.1, 0.15) is 5.56 Å². The minimum atomic E-state index is -0.422. The molecule has 2 N–H and O–H groups in total. The monoisotopic (exact) mass is 348 g/mol. The highest BCUT2D eigenvalue weighted by Gasteiger charge is 2.13. The summed E-state index contributed by atoms with van der Waals surface area (Å²) in [6.07, 6.45) is 1.77. The van der Waals surface area contributed by atoms with E-state index in [-0.39, 0.29) is 11.9 Å². The van der Waals surface area contributed by atoms with Gasteiger partial charge in [0.15, 0.2) is 0 Å². The van der Waals surface area contributed by atoms with E-state index in [1.807, 2.05) is 42.5 Å². The third-order valence-corrected chi connectivity index (χ3v) is 3.90. The fraction of sp³-hybridized carbons (Fsp3) is 0.111. The SMILES string of the molecule is Cn1ccc(-c2nnc(NC(=O)NCc3cccc4ccccc34)o2)n1. The van der Waals surface area contributed by atoms with Crippen LogP contribution in [0.4, 0.5) is 10.8 Å². The molecule has 0 fully saturated rings. The van der Waals surface area contributed by atoms with Crippen molar-refractivity contribution in [3.05, 3.63) is 60.3 Å². The molecule has 0 aliphatic carbocycles. The molecule has 0 saturated heterocycles. The molecule has 4 rings (SSSR count). The molecule has 26 heavy (non-hydrogen) atoms. The molecule has 0 aliphatic rings. The lowest BCUT2D eigenvalue weighted by Gasteiger charge is -2.08. The second-order valence-corrected chi connectivity index (χ2v) is 5.73. The van der Waals surface area contributed by atoms with Crippen molar-refractivity contribution in [3.8, 4) is 11.6 Å². The first kappa shape index (κ1) is 15.8. The molecule has 0 bridgehead atoms. The van der Waals surface area contributed by atoms with Crippen LogP contribution in [0, 0.1) is 0 Å². The van der Waals surface area contributed by atoms with E-state index in [1.54, 1.807) is 24.0 Å². The molecule has 4 aromatic rings. The number of nitrogens with zero attached hydrogens (tertiary/aromatic N) is 4. The number of benzene rings is 2. The van der Waals surface area contributed by atoms with Crippen LogP contribution in [0.5, 0.6) is 0 Å². The summed E-state index contributed by atoms with van der Waals surface area (Å²) in [5, 5.41) is 19.4. The van der Waals surface area contributed by atoms with Gasteiger partial charge in [-0.2, -0.15) is 5.10 Å². The van der Waals surface area contributed by atoms with E-state index in [9.17, 15) is 4.79 Å². The summed E-state index contributed by atoms with van der Waals surface area (Å²) >= 11 is 0. The van der Waals surface area contributed by atoms with Gasteiger partial charge >= 0.3 is 12.0 Å². The number of hydrogen-bond donors (Lipinski definition) is 2. The quantitative estimate of drug-likeness (QED) is 0.591. The highest BCUT2D eigenvalue weighted by atomic mass is 16.4. The van der Waals surface area contributed by atoms with E-state index in [4.69, 9.17) is 4.42 Å². The second-order valence-electron chi connectivity index (χ2n) is 5.73. The molecule has 2 heterocycles. The predicted octanol–water partition coefficient (Wildman–Crippen LogP) is 2.95. The molecule has 0 spiro atoms.